The molecule has 5 heteroatoms. The Morgan fingerprint density at radius 1 is 1.24 bits per heavy atom. The van der Waals surface area contributed by atoms with Crippen molar-refractivity contribution in [3.8, 4) is 0 Å². The molecule has 1 fully saturated rings. The summed E-state index contributed by atoms with van der Waals surface area (Å²) in [4.78, 5) is 4.29. The fourth-order valence-corrected chi connectivity index (χ4v) is 3.04. The Hall–Kier alpha value is -0.400. The summed E-state index contributed by atoms with van der Waals surface area (Å²) in [7, 11) is -3.12. The van der Waals surface area contributed by atoms with Crippen molar-refractivity contribution in [1.29, 1.82) is 0 Å². The first kappa shape index (κ1) is 14.7. The quantitative estimate of drug-likeness (QED) is 0.539. The van der Waals surface area contributed by atoms with Gasteiger partial charge in [-0.1, -0.05) is 19.3 Å². The molecule has 0 aromatic carbocycles. The van der Waals surface area contributed by atoms with E-state index in [1.165, 1.54) is 25.1 Å². The Morgan fingerprint density at radius 3 is 2.35 bits per heavy atom. The van der Waals surface area contributed by atoms with Crippen LogP contribution in [0.5, 0.6) is 0 Å². The van der Waals surface area contributed by atoms with Gasteiger partial charge in [0.2, 0.25) is 0 Å². The summed E-state index contributed by atoms with van der Waals surface area (Å²) in [5.74, 6) is 4.11. The van der Waals surface area contributed by atoms with Gasteiger partial charge in [0.05, 0.1) is 25.1 Å². The van der Waals surface area contributed by atoms with Crippen molar-refractivity contribution < 1.29 is 13.6 Å². The fourth-order valence-electron chi connectivity index (χ4n) is 1.89. The zero-order chi connectivity index (χ0) is 12.6. The second-order valence-electron chi connectivity index (χ2n) is 4.05. The van der Waals surface area contributed by atoms with Crippen LogP contribution in [0.4, 0.5) is 0 Å². The lowest BCUT2D eigenvalue weighted by molar-refractivity contribution is 0.229. The molecule has 0 radical (unpaired) electrons. The van der Waals surface area contributed by atoms with E-state index in [-0.39, 0.29) is 0 Å². The van der Waals surface area contributed by atoms with E-state index in [4.69, 9.17) is 9.05 Å². The van der Waals surface area contributed by atoms with Crippen molar-refractivity contribution >= 4 is 13.5 Å². The first-order valence-electron chi connectivity index (χ1n) is 6.38. The molecule has 0 aromatic rings. The third kappa shape index (κ3) is 5.65. The summed E-state index contributed by atoms with van der Waals surface area (Å²) >= 11 is 0. The molecule has 0 amide bonds. The van der Waals surface area contributed by atoms with Gasteiger partial charge in [0.1, 0.15) is 0 Å². The fraction of sp³-hybridized carbons (Fsp3) is 0.833. The molecule has 0 aliphatic heterocycles. The van der Waals surface area contributed by atoms with Gasteiger partial charge < -0.3 is 9.05 Å². The molecule has 4 nitrogen and oxygen atoms in total. The molecule has 0 atom stereocenters. The lowest BCUT2D eigenvalue weighted by atomic mass is 9.96. The number of hydrogen-bond donors (Lipinski definition) is 0. The van der Waals surface area contributed by atoms with Gasteiger partial charge in [-0.3, -0.25) is 4.57 Å². The zero-order valence-corrected chi connectivity index (χ0v) is 11.6. The zero-order valence-electron chi connectivity index (χ0n) is 10.7. The normalized spacial score (nSPS) is 17.5. The smallest absolute Gasteiger partial charge is 0.305 e. The molecule has 98 valence electrons. The summed E-state index contributed by atoms with van der Waals surface area (Å²) in [6.07, 6.45) is 5.96. The van der Waals surface area contributed by atoms with Crippen molar-refractivity contribution in [2.45, 2.75) is 52.0 Å². The summed E-state index contributed by atoms with van der Waals surface area (Å²) < 4.78 is 22.3. The first-order valence-corrected chi connectivity index (χ1v) is 8.00. The molecule has 0 bridgehead atoms. The Bertz CT molecular complexity index is 308. The van der Waals surface area contributed by atoms with Crippen molar-refractivity contribution in [3.05, 3.63) is 5.82 Å². The van der Waals surface area contributed by atoms with Crippen LogP contribution in [-0.4, -0.2) is 25.1 Å². The summed E-state index contributed by atoms with van der Waals surface area (Å²) in [6.45, 7) is 4.30. The number of rotatable bonds is 6. The standard InChI is InChI=1S/C12H22NO3P/c1-3-15-17(14,16-4-2)11-10-13-12-8-6-5-7-9-12/h11-12H,3-9H2,1-2H3. The molecule has 17 heavy (non-hydrogen) atoms. The first-order chi connectivity index (χ1) is 8.20. The molecule has 0 unspecified atom stereocenters. The van der Waals surface area contributed by atoms with Crippen LogP contribution in [0.2, 0.25) is 0 Å². The van der Waals surface area contributed by atoms with Crippen molar-refractivity contribution in [2.24, 2.45) is 4.99 Å². The minimum Gasteiger partial charge on any atom is -0.305 e. The lowest BCUT2D eigenvalue weighted by Gasteiger charge is -2.16. The van der Waals surface area contributed by atoms with Crippen molar-refractivity contribution in [2.75, 3.05) is 13.2 Å². The molecule has 1 saturated carbocycles. The van der Waals surface area contributed by atoms with Crippen LogP contribution >= 0.6 is 7.60 Å². The SMILES string of the molecule is CCOP(=O)(C=C=NC1CCCCC1)OCC. The van der Waals surface area contributed by atoms with E-state index in [1.54, 1.807) is 13.8 Å². The summed E-state index contributed by atoms with van der Waals surface area (Å²) in [5.41, 5.74) is 0. The second kappa shape index (κ2) is 7.84. The topological polar surface area (TPSA) is 47.9 Å². The van der Waals surface area contributed by atoms with E-state index >= 15 is 0 Å². The monoisotopic (exact) mass is 259 g/mol. The minimum atomic E-state index is -3.12. The van der Waals surface area contributed by atoms with E-state index in [9.17, 15) is 4.57 Å². The van der Waals surface area contributed by atoms with Gasteiger partial charge in [-0.25, -0.2) is 4.99 Å². The molecule has 1 aliphatic rings. The number of nitrogens with zero attached hydrogens (tertiary/aromatic N) is 1. The summed E-state index contributed by atoms with van der Waals surface area (Å²) in [6, 6.07) is 0.330. The average Bonchev–Trinajstić information content (AvgIpc) is 2.31. The molecular formula is C12H22NO3P. The Balaban J connectivity index is 2.58. The van der Waals surface area contributed by atoms with E-state index in [0.29, 0.717) is 19.3 Å². The number of aliphatic imine (C=N–C) groups is 1. The molecule has 1 rings (SSSR count). The van der Waals surface area contributed by atoms with Crippen LogP contribution < -0.4 is 0 Å². The average molecular weight is 259 g/mol. The molecule has 0 spiro atoms. The van der Waals surface area contributed by atoms with Gasteiger partial charge in [-0.15, -0.1) is 0 Å². The van der Waals surface area contributed by atoms with E-state index in [1.807, 2.05) is 0 Å². The Labute approximate surface area is 104 Å². The molecule has 1 aliphatic carbocycles. The highest BCUT2D eigenvalue weighted by atomic mass is 31.2. The van der Waals surface area contributed by atoms with E-state index in [2.05, 4.69) is 10.9 Å². The van der Waals surface area contributed by atoms with Crippen molar-refractivity contribution in [1.82, 2.24) is 0 Å². The molecule has 0 heterocycles. The van der Waals surface area contributed by atoms with Gasteiger partial charge in [0.15, 0.2) is 0 Å². The van der Waals surface area contributed by atoms with Crippen LogP contribution in [0.25, 0.3) is 0 Å². The third-order valence-corrected chi connectivity index (χ3v) is 4.33. The maximum Gasteiger partial charge on any atom is 0.363 e. The Kier molecular flexibility index (Phi) is 6.76. The van der Waals surface area contributed by atoms with Gasteiger partial charge in [0, 0.05) is 0 Å². The minimum absolute atomic E-state index is 0.330. The predicted octanol–water partition coefficient (Wildman–Crippen LogP) is 3.77. The van der Waals surface area contributed by atoms with Crippen LogP contribution in [0.1, 0.15) is 46.0 Å². The maximum atomic E-state index is 12.0. The van der Waals surface area contributed by atoms with E-state index < -0.39 is 7.60 Å². The highest BCUT2D eigenvalue weighted by Crippen LogP contribution is 2.48. The second-order valence-corrected chi connectivity index (χ2v) is 5.91. The van der Waals surface area contributed by atoms with Gasteiger partial charge in [-0.05, 0) is 32.6 Å². The maximum absolute atomic E-state index is 12.0. The van der Waals surface area contributed by atoms with Gasteiger partial charge in [0.25, 0.3) is 0 Å². The summed E-state index contributed by atoms with van der Waals surface area (Å²) in [5, 5.41) is 0. The largest absolute Gasteiger partial charge is 0.363 e. The molecular weight excluding hydrogens is 237 g/mol. The van der Waals surface area contributed by atoms with Crippen LogP contribution in [0.3, 0.4) is 0 Å². The highest BCUT2D eigenvalue weighted by molar-refractivity contribution is 7.57. The van der Waals surface area contributed by atoms with Crippen LogP contribution in [0.15, 0.2) is 10.8 Å². The van der Waals surface area contributed by atoms with Crippen LogP contribution in [0, 0.1) is 0 Å². The molecule has 0 N–H and O–H groups in total. The number of hydrogen-bond acceptors (Lipinski definition) is 4. The van der Waals surface area contributed by atoms with Gasteiger partial charge in [-0.2, -0.15) is 0 Å². The lowest BCUT2D eigenvalue weighted by Crippen LogP contribution is -2.08. The molecule has 0 saturated heterocycles. The Morgan fingerprint density at radius 2 is 1.82 bits per heavy atom. The van der Waals surface area contributed by atoms with Crippen LogP contribution in [-0.2, 0) is 13.6 Å². The molecule has 0 aromatic heterocycles. The predicted molar refractivity (Wildman–Crippen MR) is 69.7 cm³/mol. The highest BCUT2D eigenvalue weighted by Gasteiger charge is 2.19. The van der Waals surface area contributed by atoms with Gasteiger partial charge >= 0.3 is 7.60 Å². The van der Waals surface area contributed by atoms with Crippen molar-refractivity contribution in [3.63, 3.8) is 0 Å². The van der Waals surface area contributed by atoms with E-state index in [0.717, 1.165) is 12.8 Å². The third-order valence-electron chi connectivity index (χ3n) is 2.67.